The van der Waals surface area contributed by atoms with Crippen LogP contribution < -0.4 is 5.32 Å². The van der Waals surface area contributed by atoms with Crippen molar-refractivity contribution in [2.75, 3.05) is 11.9 Å². The van der Waals surface area contributed by atoms with Crippen LogP contribution in [0.3, 0.4) is 0 Å². The van der Waals surface area contributed by atoms with E-state index in [-0.39, 0.29) is 12.3 Å². The first-order valence-electron chi connectivity index (χ1n) is 8.06. The molecule has 0 radical (unpaired) electrons. The Balaban J connectivity index is 1.84. The number of halogens is 2. The molecular formula is C19H18F2N2O2. The van der Waals surface area contributed by atoms with E-state index in [1.54, 1.807) is 4.90 Å². The molecule has 0 bridgehead atoms. The summed E-state index contributed by atoms with van der Waals surface area (Å²) in [6, 6.07) is 10.6. The maximum atomic E-state index is 13.7. The highest BCUT2D eigenvalue weighted by molar-refractivity contribution is 5.92. The zero-order valence-corrected chi connectivity index (χ0v) is 13.8. The third-order valence-corrected chi connectivity index (χ3v) is 4.42. The quantitative estimate of drug-likeness (QED) is 0.927. The van der Waals surface area contributed by atoms with Crippen molar-refractivity contribution in [2.45, 2.75) is 25.8 Å². The fraction of sp³-hybridized carbons (Fsp3) is 0.263. The van der Waals surface area contributed by atoms with Gasteiger partial charge in [0, 0.05) is 13.5 Å². The van der Waals surface area contributed by atoms with Crippen molar-refractivity contribution in [3.63, 3.8) is 0 Å². The molecule has 2 aromatic rings. The van der Waals surface area contributed by atoms with Gasteiger partial charge in [-0.25, -0.2) is 8.78 Å². The lowest BCUT2D eigenvalue weighted by atomic mass is 9.90. The molecule has 0 spiro atoms. The minimum absolute atomic E-state index is 0.0651. The van der Waals surface area contributed by atoms with E-state index in [9.17, 15) is 18.4 Å². The molecule has 0 aromatic heterocycles. The summed E-state index contributed by atoms with van der Waals surface area (Å²) in [4.78, 5) is 25.9. The number of rotatable bonds is 3. The summed E-state index contributed by atoms with van der Waals surface area (Å²) in [6.07, 6.45) is 0.653. The molecule has 2 amide bonds. The first kappa shape index (κ1) is 17.1. The topological polar surface area (TPSA) is 49.4 Å². The lowest BCUT2D eigenvalue weighted by Crippen LogP contribution is -2.40. The summed E-state index contributed by atoms with van der Waals surface area (Å²) in [5, 5.41) is 2.29. The standard InChI is InChI=1S/C19H18F2N2O2/c1-12(24)23-10-9-13-5-2-3-6-14(13)17(23)11-18(25)22-19-15(20)7-4-8-16(19)21/h2-8,17H,9-11H2,1H3,(H,22,25). The molecule has 1 atom stereocenters. The first-order valence-corrected chi connectivity index (χ1v) is 8.06. The average molecular weight is 344 g/mol. The third kappa shape index (κ3) is 3.52. The molecule has 1 N–H and O–H groups in total. The largest absolute Gasteiger partial charge is 0.335 e. The van der Waals surface area contributed by atoms with Crippen LogP contribution in [0.2, 0.25) is 0 Å². The highest BCUT2D eigenvalue weighted by Crippen LogP contribution is 2.32. The van der Waals surface area contributed by atoms with E-state index >= 15 is 0 Å². The molecule has 25 heavy (non-hydrogen) atoms. The van der Waals surface area contributed by atoms with Gasteiger partial charge in [-0.15, -0.1) is 0 Å². The molecule has 0 saturated heterocycles. The number of nitrogens with one attached hydrogen (secondary N) is 1. The number of hydrogen-bond acceptors (Lipinski definition) is 2. The van der Waals surface area contributed by atoms with Gasteiger partial charge in [0.2, 0.25) is 11.8 Å². The Morgan fingerprint density at radius 3 is 2.48 bits per heavy atom. The lowest BCUT2D eigenvalue weighted by Gasteiger charge is -2.36. The SMILES string of the molecule is CC(=O)N1CCc2ccccc2C1CC(=O)Nc1c(F)cccc1F. The molecule has 0 aliphatic carbocycles. The van der Waals surface area contributed by atoms with Gasteiger partial charge in [0.1, 0.15) is 17.3 Å². The van der Waals surface area contributed by atoms with Crippen molar-refractivity contribution in [2.24, 2.45) is 0 Å². The molecule has 2 aromatic carbocycles. The van der Waals surface area contributed by atoms with E-state index in [2.05, 4.69) is 5.32 Å². The molecule has 130 valence electrons. The second-order valence-electron chi connectivity index (χ2n) is 6.03. The molecule has 1 aliphatic rings. The van der Waals surface area contributed by atoms with Crippen molar-refractivity contribution in [1.82, 2.24) is 4.90 Å². The van der Waals surface area contributed by atoms with Crippen LogP contribution in [0.25, 0.3) is 0 Å². The van der Waals surface area contributed by atoms with Gasteiger partial charge in [0.25, 0.3) is 0 Å². The van der Waals surface area contributed by atoms with Crippen LogP contribution in [-0.4, -0.2) is 23.3 Å². The molecule has 4 nitrogen and oxygen atoms in total. The molecule has 1 heterocycles. The number of fused-ring (bicyclic) bond motifs is 1. The van der Waals surface area contributed by atoms with Gasteiger partial charge < -0.3 is 10.2 Å². The van der Waals surface area contributed by atoms with Gasteiger partial charge in [-0.05, 0) is 29.7 Å². The zero-order valence-electron chi connectivity index (χ0n) is 13.8. The van der Waals surface area contributed by atoms with Gasteiger partial charge in [0.15, 0.2) is 0 Å². The maximum absolute atomic E-state index is 13.7. The Labute approximate surface area is 144 Å². The Morgan fingerprint density at radius 1 is 1.12 bits per heavy atom. The Hall–Kier alpha value is -2.76. The van der Waals surface area contributed by atoms with Crippen LogP contribution in [0.4, 0.5) is 14.5 Å². The zero-order chi connectivity index (χ0) is 18.0. The van der Waals surface area contributed by atoms with Crippen LogP contribution >= 0.6 is 0 Å². The van der Waals surface area contributed by atoms with E-state index < -0.39 is 29.3 Å². The fourth-order valence-corrected chi connectivity index (χ4v) is 3.23. The second-order valence-corrected chi connectivity index (χ2v) is 6.03. The molecule has 3 rings (SSSR count). The van der Waals surface area contributed by atoms with Crippen molar-refractivity contribution in [3.8, 4) is 0 Å². The van der Waals surface area contributed by atoms with Crippen molar-refractivity contribution in [3.05, 3.63) is 65.2 Å². The molecule has 1 aliphatic heterocycles. The van der Waals surface area contributed by atoms with Crippen LogP contribution in [-0.2, 0) is 16.0 Å². The minimum atomic E-state index is -0.833. The Bertz CT molecular complexity index is 803. The monoisotopic (exact) mass is 344 g/mol. The molecular weight excluding hydrogens is 326 g/mol. The van der Waals surface area contributed by atoms with E-state index in [4.69, 9.17) is 0 Å². The van der Waals surface area contributed by atoms with Crippen molar-refractivity contribution < 1.29 is 18.4 Å². The van der Waals surface area contributed by atoms with Crippen LogP contribution in [0.15, 0.2) is 42.5 Å². The molecule has 6 heteroatoms. The average Bonchev–Trinajstić information content (AvgIpc) is 2.58. The first-order chi connectivity index (χ1) is 12.0. The lowest BCUT2D eigenvalue weighted by molar-refractivity contribution is -0.132. The number of benzene rings is 2. The van der Waals surface area contributed by atoms with E-state index in [1.807, 2.05) is 24.3 Å². The predicted octanol–water partition coefficient (Wildman–Crippen LogP) is 3.44. The number of amides is 2. The highest BCUT2D eigenvalue weighted by atomic mass is 19.1. The number of nitrogens with zero attached hydrogens (tertiary/aromatic N) is 1. The van der Waals surface area contributed by atoms with Crippen LogP contribution in [0.1, 0.15) is 30.5 Å². The normalized spacial score (nSPS) is 16.3. The summed E-state index contributed by atoms with van der Waals surface area (Å²) < 4.78 is 27.4. The molecule has 1 unspecified atom stereocenters. The second kappa shape index (κ2) is 7.01. The fourth-order valence-electron chi connectivity index (χ4n) is 3.23. The predicted molar refractivity (Wildman–Crippen MR) is 89.9 cm³/mol. The van der Waals surface area contributed by atoms with Gasteiger partial charge >= 0.3 is 0 Å². The van der Waals surface area contributed by atoms with E-state index in [0.29, 0.717) is 6.54 Å². The van der Waals surface area contributed by atoms with Gasteiger partial charge in [-0.3, -0.25) is 9.59 Å². The summed E-state index contributed by atoms with van der Waals surface area (Å²) in [7, 11) is 0. The smallest absolute Gasteiger partial charge is 0.226 e. The number of para-hydroxylation sites is 1. The summed E-state index contributed by atoms with van der Waals surface area (Å²) in [6.45, 7) is 1.97. The van der Waals surface area contributed by atoms with Gasteiger partial charge in [-0.2, -0.15) is 0 Å². The number of hydrogen-bond donors (Lipinski definition) is 1. The summed E-state index contributed by atoms with van der Waals surface area (Å²) in [5.41, 5.74) is 1.51. The van der Waals surface area contributed by atoms with E-state index in [1.165, 1.54) is 13.0 Å². The van der Waals surface area contributed by atoms with Crippen LogP contribution in [0, 0.1) is 11.6 Å². The number of carbonyl (C=O) groups is 2. The summed E-state index contributed by atoms with van der Waals surface area (Å²) in [5.74, 6) is -2.34. The molecule has 0 fully saturated rings. The van der Waals surface area contributed by atoms with E-state index in [0.717, 1.165) is 29.7 Å². The van der Waals surface area contributed by atoms with Crippen molar-refractivity contribution >= 4 is 17.5 Å². The van der Waals surface area contributed by atoms with Gasteiger partial charge in [-0.1, -0.05) is 30.3 Å². The Kier molecular flexibility index (Phi) is 4.79. The Morgan fingerprint density at radius 2 is 1.80 bits per heavy atom. The van der Waals surface area contributed by atoms with Crippen molar-refractivity contribution in [1.29, 1.82) is 0 Å². The van der Waals surface area contributed by atoms with Crippen LogP contribution in [0.5, 0.6) is 0 Å². The third-order valence-electron chi connectivity index (χ3n) is 4.42. The highest BCUT2D eigenvalue weighted by Gasteiger charge is 2.30. The molecule has 0 saturated carbocycles. The van der Waals surface area contributed by atoms with Gasteiger partial charge in [0.05, 0.1) is 12.5 Å². The number of anilines is 1. The summed E-state index contributed by atoms with van der Waals surface area (Å²) >= 11 is 0. The number of carbonyl (C=O) groups excluding carboxylic acids is 2. The maximum Gasteiger partial charge on any atom is 0.226 e. The minimum Gasteiger partial charge on any atom is -0.335 e.